The molecule has 0 bridgehead atoms. The Kier molecular flexibility index (Phi) is 5.46. The van der Waals surface area contributed by atoms with Gasteiger partial charge in [-0.05, 0) is 43.2 Å². The molecule has 1 aliphatic rings. The molecule has 156 valence electrons. The van der Waals surface area contributed by atoms with Crippen molar-refractivity contribution in [1.82, 2.24) is 19.7 Å². The van der Waals surface area contributed by atoms with Crippen molar-refractivity contribution in [3.63, 3.8) is 0 Å². The lowest BCUT2D eigenvalue weighted by Gasteiger charge is -2.32. The van der Waals surface area contributed by atoms with E-state index in [1.165, 1.54) is 30.6 Å². The summed E-state index contributed by atoms with van der Waals surface area (Å²) >= 11 is 0. The van der Waals surface area contributed by atoms with E-state index in [1.807, 2.05) is 12.1 Å². The monoisotopic (exact) mass is 427 g/mol. The molecule has 11 heteroatoms. The molecule has 30 heavy (non-hydrogen) atoms. The summed E-state index contributed by atoms with van der Waals surface area (Å²) < 4.78 is 24.4. The molecule has 0 aliphatic carbocycles. The predicted molar refractivity (Wildman–Crippen MR) is 111 cm³/mol. The molecule has 0 radical (unpaired) electrons. The summed E-state index contributed by atoms with van der Waals surface area (Å²) in [5.41, 5.74) is 0.521. The van der Waals surface area contributed by atoms with Crippen molar-refractivity contribution in [2.75, 3.05) is 23.3 Å². The second-order valence-electron chi connectivity index (χ2n) is 7.03. The number of hydrogen-bond donors (Lipinski definition) is 2. The maximum absolute atomic E-state index is 12.8. The minimum Gasteiger partial charge on any atom is -0.356 e. The standard InChI is InChI=1S/C19H21N7O3S/c20-30(28,29)16-6-4-15(5-7-16)24-19(27)14-3-1-9-25(12-14)17-11-18(22-13-21-17)26-10-2-8-23-26/h2,4-8,10-11,13-14H,1,3,9,12H2,(H,24,27)(H2,20,28,29)/t14-/m1/s1. The van der Waals surface area contributed by atoms with Crippen LogP contribution in [0.15, 0.2) is 60.0 Å². The van der Waals surface area contributed by atoms with E-state index in [4.69, 9.17) is 5.14 Å². The molecule has 1 aromatic carbocycles. The molecule has 4 rings (SSSR count). The summed E-state index contributed by atoms with van der Waals surface area (Å²) in [6.45, 7) is 1.32. The van der Waals surface area contributed by atoms with Gasteiger partial charge < -0.3 is 10.2 Å². The average molecular weight is 427 g/mol. The van der Waals surface area contributed by atoms with Gasteiger partial charge in [-0.1, -0.05) is 0 Å². The zero-order chi connectivity index (χ0) is 21.1. The minimum absolute atomic E-state index is 0.00101. The molecule has 0 spiro atoms. The van der Waals surface area contributed by atoms with Crippen LogP contribution in [0, 0.1) is 5.92 Å². The quantitative estimate of drug-likeness (QED) is 0.623. The Morgan fingerprint density at radius 1 is 1.17 bits per heavy atom. The van der Waals surface area contributed by atoms with E-state index >= 15 is 0 Å². The second-order valence-corrected chi connectivity index (χ2v) is 8.59. The van der Waals surface area contributed by atoms with Crippen LogP contribution in [0.25, 0.3) is 5.82 Å². The Balaban J connectivity index is 1.44. The Hall–Kier alpha value is -3.31. The fraction of sp³-hybridized carbons (Fsp3) is 0.263. The van der Waals surface area contributed by atoms with Gasteiger partial charge in [-0.25, -0.2) is 28.2 Å². The molecule has 0 saturated carbocycles. The molecule has 3 N–H and O–H groups in total. The summed E-state index contributed by atoms with van der Waals surface area (Å²) in [7, 11) is -3.76. The number of rotatable bonds is 5. The van der Waals surface area contributed by atoms with Gasteiger partial charge in [-0.15, -0.1) is 0 Å². The molecule has 1 aliphatic heterocycles. The van der Waals surface area contributed by atoms with Crippen molar-refractivity contribution in [1.29, 1.82) is 0 Å². The molecular formula is C19H21N7O3S. The van der Waals surface area contributed by atoms with Crippen LogP contribution in [-0.4, -0.2) is 47.2 Å². The lowest BCUT2D eigenvalue weighted by molar-refractivity contribution is -0.120. The summed E-state index contributed by atoms with van der Waals surface area (Å²) in [4.78, 5) is 23.4. The summed E-state index contributed by atoms with van der Waals surface area (Å²) in [6.07, 6.45) is 6.58. The highest BCUT2D eigenvalue weighted by Gasteiger charge is 2.27. The van der Waals surface area contributed by atoms with Crippen molar-refractivity contribution in [2.45, 2.75) is 17.7 Å². The fourth-order valence-corrected chi connectivity index (χ4v) is 3.93. The van der Waals surface area contributed by atoms with E-state index in [1.54, 1.807) is 17.1 Å². The Morgan fingerprint density at radius 2 is 1.93 bits per heavy atom. The van der Waals surface area contributed by atoms with E-state index in [9.17, 15) is 13.2 Å². The number of amides is 1. The van der Waals surface area contributed by atoms with E-state index in [0.29, 0.717) is 18.1 Å². The minimum atomic E-state index is -3.76. The van der Waals surface area contributed by atoms with Crippen molar-refractivity contribution < 1.29 is 13.2 Å². The lowest BCUT2D eigenvalue weighted by Crippen LogP contribution is -2.41. The van der Waals surface area contributed by atoms with Gasteiger partial charge >= 0.3 is 0 Å². The van der Waals surface area contributed by atoms with E-state index < -0.39 is 10.0 Å². The summed E-state index contributed by atoms with van der Waals surface area (Å²) in [5, 5.41) is 12.1. The number of carbonyl (C=O) groups excluding carboxylic acids is 1. The summed E-state index contributed by atoms with van der Waals surface area (Å²) in [6, 6.07) is 9.46. The third-order valence-electron chi connectivity index (χ3n) is 4.94. The van der Waals surface area contributed by atoms with Crippen LogP contribution >= 0.6 is 0 Å². The number of primary sulfonamides is 1. The molecule has 2 aromatic heterocycles. The smallest absolute Gasteiger partial charge is 0.238 e. The van der Waals surface area contributed by atoms with Crippen molar-refractivity contribution in [2.24, 2.45) is 11.1 Å². The van der Waals surface area contributed by atoms with E-state index in [-0.39, 0.29) is 16.7 Å². The third-order valence-corrected chi connectivity index (χ3v) is 5.87. The third kappa shape index (κ3) is 4.47. The van der Waals surface area contributed by atoms with Gasteiger partial charge in [0.15, 0.2) is 5.82 Å². The van der Waals surface area contributed by atoms with Crippen LogP contribution in [0.4, 0.5) is 11.5 Å². The summed E-state index contributed by atoms with van der Waals surface area (Å²) in [5.74, 6) is 1.06. The molecule has 0 unspecified atom stereocenters. The van der Waals surface area contributed by atoms with E-state index in [2.05, 4.69) is 25.3 Å². The van der Waals surface area contributed by atoms with Crippen LogP contribution in [0.5, 0.6) is 0 Å². The highest BCUT2D eigenvalue weighted by atomic mass is 32.2. The number of nitrogens with zero attached hydrogens (tertiary/aromatic N) is 5. The van der Waals surface area contributed by atoms with Gasteiger partial charge in [-0.2, -0.15) is 5.10 Å². The molecule has 1 fully saturated rings. The fourth-order valence-electron chi connectivity index (χ4n) is 3.41. The first-order valence-corrected chi connectivity index (χ1v) is 11.0. The van der Waals surface area contributed by atoms with Crippen molar-refractivity contribution in [3.8, 4) is 5.82 Å². The lowest BCUT2D eigenvalue weighted by atomic mass is 9.97. The molecule has 1 amide bonds. The maximum atomic E-state index is 12.8. The zero-order valence-corrected chi connectivity index (χ0v) is 16.9. The number of aromatic nitrogens is 4. The topological polar surface area (TPSA) is 136 Å². The first-order chi connectivity index (χ1) is 14.4. The highest BCUT2D eigenvalue weighted by Crippen LogP contribution is 2.24. The van der Waals surface area contributed by atoms with Gasteiger partial charge in [-0.3, -0.25) is 4.79 Å². The molecule has 1 atom stereocenters. The normalized spacial score (nSPS) is 17.0. The first-order valence-electron chi connectivity index (χ1n) is 9.41. The number of nitrogens with one attached hydrogen (secondary N) is 1. The second kappa shape index (κ2) is 8.20. The van der Waals surface area contributed by atoms with Gasteiger partial charge in [0.25, 0.3) is 0 Å². The number of carbonyl (C=O) groups is 1. The van der Waals surface area contributed by atoms with Gasteiger partial charge in [0.2, 0.25) is 15.9 Å². The molecular weight excluding hydrogens is 406 g/mol. The van der Waals surface area contributed by atoms with Gasteiger partial charge in [0.05, 0.1) is 10.8 Å². The molecule has 10 nitrogen and oxygen atoms in total. The number of sulfonamides is 1. The molecule has 1 saturated heterocycles. The van der Waals surface area contributed by atoms with Crippen LogP contribution < -0.4 is 15.4 Å². The SMILES string of the molecule is NS(=O)(=O)c1ccc(NC(=O)[C@@H]2CCCN(c3cc(-n4cccn4)ncn3)C2)cc1. The zero-order valence-electron chi connectivity index (χ0n) is 16.0. The highest BCUT2D eigenvalue weighted by molar-refractivity contribution is 7.89. The molecule has 3 aromatic rings. The van der Waals surface area contributed by atoms with E-state index in [0.717, 1.165) is 25.2 Å². The van der Waals surface area contributed by atoms with Crippen molar-refractivity contribution in [3.05, 3.63) is 55.1 Å². The predicted octanol–water partition coefficient (Wildman–Crippen LogP) is 1.16. The molecule has 3 heterocycles. The van der Waals surface area contributed by atoms with Gasteiger partial charge in [0, 0.05) is 37.2 Å². The Morgan fingerprint density at radius 3 is 2.63 bits per heavy atom. The van der Waals surface area contributed by atoms with Crippen molar-refractivity contribution >= 4 is 27.4 Å². The van der Waals surface area contributed by atoms with Crippen LogP contribution in [0.3, 0.4) is 0 Å². The number of benzene rings is 1. The number of nitrogens with two attached hydrogens (primary N) is 1. The average Bonchev–Trinajstić information content (AvgIpc) is 3.29. The first kappa shape index (κ1) is 20.0. The van der Waals surface area contributed by atoms with Crippen LogP contribution in [0.2, 0.25) is 0 Å². The number of anilines is 2. The largest absolute Gasteiger partial charge is 0.356 e. The number of piperidine rings is 1. The Bertz CT molecular complexity index is 1130. The maximum Gasteiger partial charge on any atom is 0.238 e. The Labute approximate surface area is 173 Å². The van der Waals surface area contributed by atoms with Crippen LogP contribution in [0.1, 0.15) is 12.8 Å². The van der Waals surface area contributed by atoms with Crippen LogP contribution in [-0.2, 0) is 14.8 Å². The van der Waals surface area contributed by atoms with Gasteiger partial charge in [0.1, 0.15) is 12.1 Å². The number of hydrogen-bond acceptors (Lipinski definition) is 7.